The van der Waals surface area contributed by atoms with Crippen molar-refractivity contribution in [3.8, 4) is 11.3 Å². The fourth-order valence-corrected chi connectivity index (χ4v) is 2.68. The molecule has 0 saturated heterocycles. The minimum Gasteiger partial charge on any atom is -0.277 e. The van der Waals surface area contributed by atoms with Gasteiger partial charge in [-0.3, -0.25) is 5.10 Å². The van der Waals surface area contributed by atoms with E-state index in [4.69, 9.17) is 0 Å². The number of fused-ring (bicyclic) bond motifs is 3. The molecule has 70 valence electrons. The monoisotopic (exact) mass is 203 g/mol. The number of H-pyrrole nitrogens is 1. The molecule has 14 heavy (non-hydrogen) atoms. The lowest BCUT2D eigenvalue weighted by molar-refractivity contribution is 1.04. The third-order valence-electron chi connectivity index (χ3n) is 2.35. The highest BCUT2D eigenvalue weighted by atomic mass is 32.2. The van der Waals surface area contributed by atoms with Gasteiger partial charge in [0.05, 0.1) is 11.9 Å². The molecule has 3 rings (SSSR count). The Hall–Kier alpha value is -1.29. The lowest BCUT2D eigenvalue weighted by Crippen LogP contribution is -1.97. The van der Waals surface area contributed by atoms with Crippen LogP contribution in [-0.4, -0.2) is 15.2 Å². The van der Waals surface area contributed by atoms with Gasteiger partial charge < -0.3 is 0 Å². The van der Waals surface area contributed by atoms with E-state index in [1.807, 2.05) is 19.2 Å². The number of aromatic nitrogens is 3. The molecule has 0 saturated carbocycles. The van der Waals surface area contributed by atoms with E-state index < -0.39 is 0 Å². The van der Waals surface area contributed by atoms with E-state index in [1.165, 1.54) is 11.1 Å². The van der Waals surface area contributed by atoms with Crippen LogP contribution >= 0.6 is 11.8 Å². The summed E-state index contributed by atoms with van der Waals surface area (Å²) in [4.78, 5) is 4.51. The number of rotatable bonds is 0. The Morgan fingerprint density at radius 3 is 3.29 bits per heavy atom. The molecule has 0 radical (unpaired) electrons. The normalized spacial score (nSPS) is 13.5. The van der Waals surface area contributed by atoms with Crippen LogP contribution in [0.25, 0.3) is 11.3 Å². The van der Waals surface area contributed by atoms with Crippen LogP contribution in [0.4, 0.5) is 0 Å². The molecule has 0 unspecified atom stereocenters. The zero-order valence-corrected chi connectivity index (χ0v) is 8.56. The van der Waals surface area contributed by atoms with E-state index in [0.717, 1.165) is 22.2 Å². The number of hydrogen-bond acceptors (Lipinski definition) is 3. The van der Waals surface area contributed by atoms with Crippen LogP contribution < -0.4 is 0 Å². The topological polar surface area (TPSA) is 41.6 Å². The van der Waals surface area contributed by atoms with Crippen molar-refractivity contribution in [2.45, 2.75) is 17.7 Å². The molecule has 0 aliphatic carbocycles. The number of thioether (sulfide) groups is 1. The van der Waals surface area contributed by atoms with Gasteiger partial charge in [-0.1, -0.05) is 0 Å². The van der Waals surface area contributed by atoms with Crippen molar-refractivity contribution in [2.24, 2.45) is 0 Å². The van der Waals surface area contributed by atoms with Gasteiger partial charge in [0.25, 0.3) is 0 Å². The smallest absolute Gasteiger partial charge is 0.106 e. The number of aryl methyl sites for hydroxylation is 1. The first-order valence-corrected chi connectivity index (χ1v) is 5.46. The first-order valence-electron chi connectivity index (χ1n) is 4.47. The molecular formula is C10H9N3S. The quantitative estimate of drug-likeness (QED) is 0.714. The van der Waals surface area contributed by atoms with Crippen molar-refractivity contribution in [3.63, 3.8) is 0 Å². The summed E-state index contributed by atoms with van der Waals surface area (Å²) >= 11 is 1.78. The van der Waals surface area contributed by atoms with Crippen LogP contribution in [0.3, 0.4) is 0 Å². The summed E-state index contributed by atoms with van der Waals surface area (Å²) in [6.45, 7) is 2.02. The standard InChI is InChI=1S/C10H9N3S/c1-6-2-3-8-9-7(4-11-13-9)5-14-10(8)12-6/h2-4H,5H2,1H3,(H,11,13). The van der Waals surface area contributed by atoms with Gasteiger partial charge in [0.2, 0.25) is 0 Å². The number of nitrogens with one attached hydrogen (secondary N) is 1. The van der Waals surface area contributed by atoms with Gasteiger partial charge in [0.15, 0.2) is 0 Å². The molecule has 0 spiro atoms. The first-order chi connectivity index (χ1) is 6.84. The zero-order valence-electron chi connectivity index (χ0n) is 7.74. The minimum atomic E-state index is 0.968. The van der Waals surface area contributed by atoms with E-state index in [9.17, 15) is 0 Å². The SMILES string of the molecule is Cc1ccc2c(n1)SCc1cn[nH]c1-2. The molecule has 1 aliphatic rings. The number of aromatic amines is 1. The summed E-state index contributed by atoms with van der Waals surface area (Å²) in [6.07, 6.45) is 1.89. The highest BCUT2D eigenvalue weighted by Gasteiger charge is 2.18. The first kappa shape index (κ1) is 8.05. The molecular weight excluding hydrogens is 194 g/mol. The van der Waals surface area contributed by atoms with Crippen molar-refractivity contribution in [1.82, 2.24) is 15.2 Å². The molecule has 0 atom stereocenters. The van der Waals surface area contributed by atoms with Gasteiger partial charge in [0, 0.05) is 22.6 Å². The van der Waals surface area contributed by atoms with Crippen molar-refractivity contribution >= 4 is 11.8 Å². The fourth-order valence-electron chi connectivity index (χ4n) is 1.63. The average Bonchev–Trinajstić information content (AvgIpc) is 2.65. The van der Waals surface area contributed by atoms with Gasteiger partial charge in [-0.25, -0.2) is 4.98 Å². The Morgan fingerprint density at radius 1 is 1.43 bits per heavy atom. The average molecular weight is 203 g/mol. The molecule has 2 aromatic rings. The number of nitrogens with zero attached hydrogens (tertiary/aromatic N) is 2. The van der Waals surface area contributed by atoms with Crippen molar-refractivity contribution < 1.29 is 0 Å². The summed E-state index contributed by atoms with van der Waals surface area (Å²) < 4.78 is 0. The van der Waals surface area contributed by atoms with Crippen LogP contribution in [0.15, 0.2) is 23.4 Å². The molecule has 0 aromatic carbocycles. The molecule has 1 aliphatic heterocycles. The third kappa shape index (κ3) is 1.07. The van der Waals surface area contributed by atoms with E-state index in [0.29, 0.717) is 0 Å². The van der Waals surface area contributed by atoms with E-state index in [-0.39, 0.29) is 0 Å². The van der Waals surface area contributed by atoms with Crippen molar-refractivity contribution in [3.05, 3.63) is 29.6 Å². The van der Waals surface area contributed by atoms with Gasteiger partial charge >= 0.3 is 0 Å². The minimum absolute atomic E-state index is 0.968. The van der Waals surface area contributed by atoms with E-state index in [1.54, 1.807) is 11.8 Å². The lowest BCUT2D eigenvalue weighted by Gasteiger charge is -2.14. The Kier molecular flexibility index (Phi) is 1.64. The molecule has 0 fully saturated rings. The van der Waals surface area contributed by atoms with Gasteiger partial charge in [-0.2, -0.15) is 5.10 Å². The van der Waals surface area contributed by atoms with Crippen LogP contribution in [0.2, 0.25) is 0 Å². The number of hydrogen-bond donors (Lipinski definition) is 1. The summed E-state index contributed by atoms with van der Waals surface area (Å²) in [6, 6.07) is 4.15. The van der Waals surface area contributed by atoms with Crippen LogP contribution in [0, 0.1) is 6.92 Å². The van der Waals surface area contributed by atoms with Gasteiger partial charge in [-0.05, 0) is 19.1 Å². The second-order valence-electron chi connectivity index (χ2n) is 3.36. The summed E-state index contributed by atoms with van der Waals surface area (Å²) in [7, 11) is 0. The zero-order chi connectivity index (χ0) is 9.54. The maximum absolute atomic E-state index is 4.51. The van der Waals surface area contributed by atoms with Crippen LogP contribution in [-0.2, 0) is 5.75 Å². The van der Waals surface area contributed by atoms with Crippen molar-refractivity contribution in [1.29, 1.82) is 0 Å². The predicted octanol–water partition coefficient (Wildman–Crippen LogP) is 2.39. The third-order valence-corrected chi connectivity index (χ3v) is 3.39. The fraction of sp³-hybridized carbons (Fsp3) is 0.200. The van der Waals surface area contributed by atoms with Gasteiger partial charge in [-0.15, -0.1) is 11.8 Å². The van der Waals surface area contributed by atoms with Crippen LogP contribution in [0.1, 0.15) is 11.3 Å². The molecule has 0 bridgehead atoms. The molecule has 1 N–H and O–H groups in total. The molecule has 0 amide bonds. The van der Waals surface area contributed by atoms with Crippen molar-refractivity contribution in [2.75, 3.05) is 0 Å². The summed E-state index contributed by atoms with van der Waals surface area (Å²) in [5.74, 6) is 0.968. The van der Waals surface area contributed by atoms with Crippen LogP contribution in [0.5, 0.6) is 0 Å². The van der Waals surface area contributed by atoms with E-state index >= 15 is 0 Å². The molecule has 4 heteroatoms. The highest BCUT2D eigenvalue weighted by Crippen LogP contribution is 2.38. The maximum atomic E-state index is 4.51. The highest BCUT2D eigenvalue weighted by molar-refractivity contribution is 7.98. The maximum Gasteiger partial charge on any atom is 0.106 e. The summed E-state index contributed by atoms with van der Waals surface area (Å²) in [5.41, 5.74) is 4.65. The molecule has 3 nitrogen and oxygen atoms in total. The Bertz CT molecular complexity index is 490. The molecule has 3 heterocycles. The molecule has 2 aromatic heterocycles. The number of pyridine rings is 1. The van der Waals surface area contributed by atoms with Gasteiger partial charge in [0.1, 0.15) is 5.03 Å². The predicted molar refractivity (Wildman–Crippen MR) is 56.1 cm³/mol. The lowest BCUT2D eigenvalue weighted by atomic mass is 10.1. The summed E-state index contributed by atoms with van der Waals surface area (Å²) in [5, 5.41) is 8.20. The Morgan fingerprint density at radius 2 is 2.36 bits per heavy atom. The Labute approximate surface area is 86.0 Å². The largest absolute Gasteiger partial charge is 0.277 e. The van der Waals surface area contributed by atoms with E-state index in [2.05, 4.69) is 21.2 Å². The second kappa shape index (κ2) is 2.85. The second-order valence-corrected chi connectivity index (χ2v) is 4.33. The Balaban J connectivity index is 2.26.